The summed E-state index contributed by atoms with van der Waals surface area (Å²) in [5.41, 5.74) is 1.16. The Bertz CT molecular complexity index is 765. The van der Waals surface area contributed by atoms with Crippen LogP contribution in [0.2, 0.25) is 0 Å². The van der Waals surface area contributed by atoms with Crippen molar-refractivity contribution in [2.24, 2.45) is 0 Å². The van der Waals surface area contributed by atoms with E-state index < -0.39 is 5.54 Å². The molecule has 1 atom stereocenters. The lowest BCUT2D eigenvalue weighted by atomic mass is 9.83. The molecule has 24 heavy (non-hydrogen) atoms. The summed E-state index contributed by atoms with van der Waals surface area (Å²) in [4.78, 5) is 6.02. The molecule has 2 aromatic rings. The molecular weight excluding hydrogens is 384 g/mol. The number of thiocarbonyl (C=S) groups is 1. The van der Waals surface area contributed by atoms with Crippen LogP contribution in [0.25, 0.3) is 0 Å². The number of nitrogens with zero attached hydrogens (tertiary/aromatic N) is 2. The van der Waals surface area contributed by atoms with Crippen molar-refractivity contribution < 1.29 is 0 Å². The van der Waals surface area contributed by atoms with E-state index in [2.05, 4.69) is 33.2 Å². The zero-order valence-corrected chi connectivity index (χ0v) is 15.8. The number of halogens is 1. The first kappa shape index (κ1) is 17.0. The molecule has 1 aromatic heterocycles. The van der Waals surface area contributed by atoms with Gasteiger partial charge in [0.2, 0.25) is 0 Å². The van der Waals surface area contributed by atoms with Crippen LogP contribution in [0.4, 0.5) is 0 Å². The highest BCUT2D eigenvalue weighted by atomic mass is 79.9. The molecule has 0 spiro atoms. The predicted molar refractivity (Wildman–Crippen MR) is 104 cm³/mol. The van der Waals surface area contributed by atoms with E-state index in [4.69, 9.17) is 17.6 Å². The molecule has 0 bridgehead atoms. The van der Waals surface area contributed by atoms with Crippen LogP contribution in [-0.4, -0.2) is 27.4 Å². The van der Waals surface area contributed by atoms with Crippen LogP contribution in [0.5, 0.6) is 0 Å². The number of hydrogen-bond acceptors (Lipinski definition) is 3. The van der Waals surface area contributed by atoms with Gasteiger partial charge in [-0.25, -0.2) is 0 Å². The molecule has 0 aliphatic carbocycles. The van der Waals surface area contributed by atoms with Gasteiger partial charge in [0, 0.05) is 23.4 Å². The summed E-state index contributed by atoms with van der Waals surface area (Å²) in [7, 11) is 0. The number of unbranched alkanes of at least 4 members (excludes halogenated alkanes) is 1. The third-order valence-corrected chi connectivity index (χ3v) is 5.09. The standard InChI is InChI=1S/C18H19BrN4S/c1-2-3-11-23-16(20)18(22-17(23)24,13-7-9-21-10-8-13)14-5-4-6-15(19)12-14/h4-10,12,20H,2-3,11H2,1H3,(H,22,24). The maximum absolute atomic E-state index is 8.91. The maximum Gasteiger partial charge on any atom is 0.175 e. The molecule has 0 amide bonds. The molecule has 124 valence electrons. The van der Waals surface area contributed by atoms with Crippen molar-refractivity contribution in [2.75, 3.05) is 6.54 Å². The molecule has 6 heteroatoms. The van der Waals surface area contributed by atoms with Crippen LogP contribution in [-0.2, 0) is 5.54 Å². The summed E-state index contributed by atoms with van der Waals surface area (Å²) in [6, 6.07) is 11.9. The summed E-state index contributed by atoms with van der Waals surface area (Å²) < 4.78 is 0.973. The van der Waals surface area contributed by atoms with Gasteiger partial charge in [-0.1, -0.05) is 41.4 Å². The highest BCUT2D eigenvalue weighted by Gasteiger charge is 2.48. The van der Waals surface area contributed by atoms with Crippen LogP contribution < -0.4 is 5.32 Å². The Morgan fingerprint density at radius 1 is 1.25 bits per heavy atom. The second kappa shape index (κ2) is 6.99. The fraction of sp³-hybridized carbons (Fsp3) is 0.278. The Kier molecular flexibility index (Phi) is 4.96. The monoisotopic (exact) mass is 402 g/mol. The molecular formula is C18H19BrN4S. The molecule has 2 heterocycles. The number of amidine groups is 1. The summed E-state index contributed by atoms with van der Waals surface area (Å²) in [5.74, 6) is 0.463. The topological polar surface area (TPSA) is 52.0 Å². The summed E-state index contributed by atoms with van der Waals surface area (Å²) in [6.07, 6.45) is 5.56. The number of nitrogens with one attached hydrogen (secondary N) is 2. The molecule has 1 aliphatic rings. The summed E-state index contributed by atoms with van der Waals surface area (Å²) >= 11 is 9.10. The van der Waals surface area contributed by atoms with Gasteiger partial charge in [-0.05, 0) is 54.0 Å². The van der Waals surface area contributed by atoms with Crippen molar-refractivity contribution in [1.29, 1.82) is 5.41 Å². The highest BCUT2D eigenvalue weighted by molar-refractivity contribution is 9.10. The molecule has 0 radical (unpaired) electrons. The lowest BCUT2D eigenvalue weighted by molar-refractivity contribution is 0.566. The fourth-order valence-corrected chi connectivity index (χ4v) is 3.76. The third-order valence-electron chi connectivity index (χ3n) is 4.27. The number of hydrogen-bond donors (Lipinski definition) is 2. The van der Waals surface area contributed by atoms with Gasteiger partial charge in [0.1, 0.15) is 11.4 Å². The lowest BCUT2D eigenvalue weighted by Crippen LogP contribution is -2.44. The van der Waals surface area contributed by atoms with Gasteiger partial charge in [-0.15, -0.1) is 0 Å². The normalized spacial score (nSPS) is 20.3. The maximum atomic E-state index is 8.91. The average molecular weight is 403 g/mol. The molecule has 1 aliphatic heterocycles. The van der Waals surface area contributed by atoms with Gasteiger partial charge >= 0.3 is 0 Å². The van der Waals surface area contributed by atoms with E-state index in [1.54, 1.807) is 12.4 Å². The van der Waals surface area contributed by atoms with E-state index in [0.717, 1.165) is 35.0 Å². The Labute approximate surface area is 155 Å². The highest BCUT2D eigenvalue weighted by Crippen LogP contribution is 2.37. The van der Waals surface area contributed by atoms with E-state index in [9.17, 15) is 0 Å². The van der Waals surface area contributed by atoms with Gasteiger partial charge in [0.25, 0.3) is 0 Å². The third kappa shape index (κ3) is 2.84. The molecule has 4 nitrogen and oxygen atoms in total. The number of pyridine rings is 1. The van der Waals surface area contributed by atoms with Crippen LogP contribution in [0.1, 0.15) is 30.9 Å². The van der Waals surface area contributed by atoms with Crippen LogP contribution in [0.3, 0.4) is 0 Å². The van der Waals surface area contributed by atoms with E-state index in [1.807, 2.05) is 41.3 Å². The first-order valence-corrected chi connectivity index (χ1v) is 9.15. The van der Waals surface area contributed by atoms with E-state index >= 15 is 0 Å². The second-order valence-electron chi connectivity index (χ2n) is 5.78. The van der Waals surface area contributed by atoms with Gasteiger partial charge < -0.3 is 10.2 Å². The predicted octanol–water partition coefficient (Wildman–Crippen LogP) is 4.06. The van der Waals surface area contributed by atoms with Crippen molar-refractivity contribution in [1.82, 2.24) is 15.2 Å². The van der Waals surface area contributed by atoms with E-state index in [1.165, 1.54) is 0 Å². The Balaban J connectivity index is 2.14. The molecule has 1 unspecified atom stereocenters. The number of benzene rings is 1. The smallest absolute Gasteiger partial charge is 0.175 e. The Hall–Kier alpha value is -1.79. The molecule has 1 aromatic carbocycles. The molecule has 2 N–H and O–H groups in total. The van der Waals surface area contributed by atoms with Crippen LogP contribution >= 0.6 is 28.1 Å². The van der Waals surface area contributed by atoms with Gasteiger partial charge in [0.05, 0.1) is 0 Å². The summed E-state index contributed by atoms with van der Waals surface area (Å²) in [5, 5.41) is 12.9. The number of aromatic nitrogens is 1. The van der Waals surface area contributed by atoms with Crippen molar-refractivity contribution in [3.63, 3.8) is 0 Å². The minimum Gasteiger partial charge on any atom is -0.342 e. The minimum absolute atomic E-state index is 0.463. The zero-order valence-electron chi connectivity index (χ0n) is 13.4. The largest absolute Gasteiger partial charge is 0.342 e. The minimum atomic E-state index is -0.780. The quantitative estimate of drug-likeness (QED) is 0.740. The molecule has 3 rings (SSSR count). The van der Waals surface area contributed by atoms with Gasteiger partial charge in [-0.2, -0.15) is 0 Å². The second-order valence-corrected chi connectivity index (χ2v) is 7.08. The van der Waals surface area contributed by atoms with Gasteiger partial charge in [0.15, 0.2) is 5.11 Å². The zero-order chi connectivity index (χ0) is 17.2. The molecule has 1 fully saturated rings. The molecule has 1 saturated heterocycles. The van der Waals surface area contributed by atoms with E-state index in [-0.39, 0.29) is 0 Å². The van der Waals surface area contributed by atoms with Crippen molar-refractivity contribution in [3.05, 3.63) is 64.4 Å². The van der Waals surface area contributed by atoms with Crippen molar-refractivity contribution >= 4 is 39.1 Å². The average Bonchev–Trinajstić information content (AvgIpc) is 2.85. The van der Waals surface area contributed by atoms with Crippen molar-refractivity contribution in [2.45, 2.75) is 25.3 Å². The Morgan fingerprint density at radius 3 is 2.67 bits per heavy atom. The van der Waals surface area contributed by atoms with Crippen molar-refractivity contribution in [3.8, 4) is 0 Å². The van der Waals surface area contributed by atoms with Crippen LogP contribution in [0, 0.1) is 5.41 Å². The van der Waals surface area contributed by atoms with Gasteiger partial charge in [-0.3, -0.25) is 10.4 Å². The number of rotatable bonds is 5. The SMILES string of the molecule is CCCCN1C(=N)C(c2ccncc2)(c2cccc(Br)c2)NC1=S. The fourth-order valence-electron chi connectivity index (χ4n) is 3.03. The lowest BCUT2D eigenvalue weighted by Gasteiger charge is -2.30. The van der Waals surface area contributed by atoms with E-state index in [0.29, 0.717) is 10.9 Å². The first-order valence-electron chi connectivity index (χ1n) is 7.95. The molecule has 0 saturated carbocycles. The van der Waals surface area contributed by atoms with Crippen LogP contribution in [0.15, 0.2) is 53.3 Å². The summed E-state index contributed by atoms with van der Waals surface area (Å²) in [6.45, 7) is 2.89. The Morgan fingerprint density at radius 2 is 2.00 bits per heavy atom. The first-order chi connectivity index (χ1) is 11.6.